The molecule has 0 radical (unpaired) electrons. The minimum absolute atomic E-state index is 1.11. The molecule has 0 saturated carbocycles. The summed E-state index contributed by atoms with van der Waals surface area (Å²) in [4.78, 5) is 0. The SMILES string of the molecule is Cc1cc(C)c(-c2ccc3c(c2)CCCN3)c(C)c1. The highest BCUT2D eigenvalue weighted by Gasteiger charge is 2.12. The van der Waals surface area contributed by atoms with E-state index >= 15 is 0 Å². The first-order valence-electron chi connectivity index (χ1n) is 7.10. The third kappa shape index (κ3) is 2.25. The maximum absolute atomic E-state index is 3.48. The summed E-state index contributed by atoms with van der Waals surface area (Å²) in [6.07, 6.45) is 2.43. The molecule has 2 aromatic carbocycles. The van der Waals surface area contributed by atoms with E-state index in [4.69, 9.17) is 0 Å². The molecule has 1 N–H and O–H groups in total. The van der Waals surface area contributed by atoms with Gasteiger partial charge in [-0.05, 0) is 73.6 Å². The second-order valence-electron chi connectivity index (χ2n) is 5.68. The first-order chi connectivity index (χ1) is 9.15. The molecule has 1 heterocycles. The van der Waals surface area contributed by atoms with Crippen LogP contribution in [0.15, 0.2) is 30.3 Å². The third-order valence-electron chi connectivity index (χ3n) is 4.01. The summed E-state index contributed by atoms with van der Waals surface area (Å²) >= 11 is 0. The van der Waals surface area contributed by atoms with E-state index < -0.39 is 0 Å². The van der Waals surface area contributed by atoms with Gasteiger partial charge >= 0.3 is 0 Å². The van der Waals surface area contributed by atoms with Gasteiger partial charge in [-0.25, -0.2) is 0 Å². The van der Waals surface area contributed by atoms with Gasteiger partial charge in [0.1, 0.15) is 0 Å². The van der Waals surface area contributed by atoms with Crippen LogP contribution in [-0.2, 0) is 6.42 Å². The lowest BCUT2D eigenvalue weighted by Crippen LogP contribution is -2.11. The standard InChI is InChI=1S/C18H21N/c1-12-9-13(2)18(14(3)10-12)16-6-7-17-15(11-16)5-4-8-19-17/h6-7,9-11,19H,4-5,8H2,1-3H3. The molecule has 3 rings (SSSR count). The van der Waals surface area contributed by atoms with Gasteiger partial charge in [0.2, 0.25) is 0 Å². The molecule has 2 aromatic rings. The Balaban J connectivity index is 2.12. The summed E-state index contributed by atoms with van der Waals surface area (Å²) < 4.78 is 0. The number of hydrogen-bond donors (Lipinski definition) is 1. The molecule has 1 heteroatoms. The smallest absolute Gasteiger partial charge is 0.0373 e. The Hall–Kier alpha value is -1.76. The number of hydrogen-bond acceptors (Lipinski definition) is 1. The molecule has 0 fully saturated rings. The Morgan fingerprint density at radius 2 is 1.68 bits per heavy atom. The lowest BCUT2D eigenvalue weighted by atomic mass is 9.91. The summed E-state index contributed by atoms with van der Waals surface area (Å²) in [6.45, 7) is 7.70. The number of anilines is 1. The topological polar surface area (TPSA) is 12.0 Å². The lowest BCUT2D eigenvalue weighted by molar-refractivity contribution is 0.830. The molecule has 1 nitrogen and oxygen atoms in total. The molecule has 0 unspecified atom stereocenters. The first-order valence-corrected chi connectivity index (χ1v) is 7.10. The number of fused-ring (bicyclic) bond motifs is 1. The zero-order chi connectivity index (χ0) is 13.4. The fourth-order valence-corrected chi connectivity index (χ4v) is 3.27. The molecule has 1 aliphatic heterocycles. The van der Waals surface area contributed by atoms with Crippen molar-refractivity contribution >= 4 is 5.69 Å². The summed E-state index contributed by atoms with van der Waals surface area (Å²) in [5, 5.41) is 3.48. The fraction of sp³-hybridized carbons (Fsp3) is 0.333. The van der Waals surface area contributed by atoms with Crippen LogP contribution in [0.5, 0.6) is 0 Å². The van der Waals surface area contributed by atoms with Gasteiger partial charge in [0, 0.05) is 12.2 Å². The molecule has 98 valence electrons. The predicted molar refractivity (Wildman–Crippen MR) is 82.9 cm³/mol. The van der Waals surface area contributed by atoms with Gasteiger partial charge in [-0.15, -0.1) is 0 Å². The molecule has 0 aromatic heterocycles. The van der Waals surface area contributed by atoms with Gasteiger partial charge in [-0.3, -0.25) is 0 Å². The van der Waals surface area contributed by atoms with Crippen molar-refractivity contribution in [2.24, 2.45) is 0 Å². The Morgan fingerprint density at radius 1 is 0.947 bits per heavy atom. The average molecular weight is 251 g/mol. The number of nitrogens with one attached hydrogen (secondary N) is 1. The maximum atomic E-state index is 3.48. The van der Waals surface area contributed by atoms with Crippen molar-refractivity contribution in [3.05, 3.63) is 52.6 Å². The van der Waals surface area contributed by atoms with E-state index in [0.717, 1.165) is 6.54 Å². The summed E-state index contributed by atoms with van der Waals surface area (Å²) in [6, 6.07) is 11.4. The Bertz CT molecular complexity index is 603. The van der Waals surface area contributed by atoms with Crippen LogP contribution < -0.4 is 5.32 Å². The largest absolute Gasteiger partial charge is 0.385 e. The van der Waals surface area contributed by atoms with Crippen LogP contribution in [0.25, 0.3) is 11.1 Å². The lowest BCUT2D eigenvalue weighted by Gasteiger charge is -2.20. The maximum Gasteiger partial charge on any atom is 0.0373 e. The van der Waals surface area contributed by atoms with Crippen molar-refractivity contribution in [2.75, 3.05) is 11.9 Å². The van der Waals surface area contributed by atoms with Crippen LogP contribution in [0, 0.1) is 20.8 Å². The zero-order valence-corrected chi connectivity index (χ0v) is 12.0. The van der Waals surface area contributed by atoms with E-state index in [2.05, 4.69) is 56.4 Å². The quantitative estimate of drug-likeness (QED) is 0.778. The highest BCUT2D eigenvalue weighted by molar-refractivity contribution is 5.74. The predicted octanol–water partition coefficient (Wildman–Crippen LogP) is 4.64. The monoisotopic (exact) mass is 251 g/mol. The molecule has 0 spiro atoms. The minimum atomic E-state index is 1.11. The van der Waals surface area contributed by atoms with Gasteiger partial charge in [0.05, 0.1) is 0 Å². The van der Waals surface area contributed by atoms with Crippen molar-refractivity contribution in [3.63, 3.8) is 0 Å². The summed E-state index contributed by atoms with van der Waals surface area (Å²) in [5.74, 6) is 0. The van der Waals surface area contributed by atoms with E-state index in [0.29, 0.717) is 0 Å². The van der Waals surface area contributed by atoms with Crippen LogP contribution in [0.4, 0.5) is 5.69 Å². The molecule has 0 saturated heterocycles. The first kappa shape index (κ1) is 12.3. The van der Waals surface area contributed by atoms with E-state index in [1.165, 1.54) is 51.9 Å². The molecular weight excluding hydrogens is 230 g/mol. The van der Waals surface area contributed by atoms with Crippen LogP contribution in [-0.4, -0.2) is 6.54 Å². The fourth-order valence-electron chi connectivity index (χ4n) is 3.27. The van der Waals surface area contributed by atoms with Crippen molar-refractivity contribution in [1.82, 2.24) is 0 Å². The van der Waals surface area contributed by atoms with Crippen molar-refractivity contribution < 1.29 is 0 Å². The Kier molecular flexibility index (Phi) is 3.06. The van der Waals surface area contributed by atoms with E-state index in [1.54, 1.807) is 0 Å². The van der Waals surface area contributed by atoms with E-state index in [1.807, 2.05) is 0 Å². The van der Waals surface area contributed by atoms with E-state index in [9.17, 15) is 0 Å². The second kappa shape index (κ2) is 4.73. The van der Waals surface area contributed by atoms with Gasteiger partial charge in [-0.1, -0.05) is 23.8 Å². The zero-order valence-electron chi connectivity index (χ0n) is 12.0. The van der Waals surface area contributed by atoms with Gasteiger partial charge in [-0.2, -0.15) is 0 Å². The third-order valence-corrected chi connectivity index (χ3v) is 4.01. The van der Waals surface area contributed by atoms with E-state index in [-0.39, 0.29) is 0 Å². The highest BCUT2D eigenvalue weighted by Crippen LogP contribution is 2.32. The molecule has 0 amide bonds. The van der Waals surface area contributed by atoms with Crippen molar-refractivity contribution in [1.29, 1.82) is 0 Å². The molecular formula is C18H21N. The normalized spacial score (nSPS) is 13.8. The molecule has 19 heavy (non-hydrogen) atoms. The average Bonchev–Trinajstić information content (AvgIpc) is 2.37. The number of rotatable bonds is 1. The number of aryl methyl sites for hydroxylation is 4. The number of benzene rings is 2. The second-order valence-corrected chi connectivity index (χ2v) is 5.68. The van der Waals surface area contributed by atoms with Crippen LogP contribution in [0.3, 0.4) is 0 Å². The van der Waals surface area contributed by atoms with Crippen LogP contribution >= 0.6 is 0 Å². The summed E-state index contributed by atoms with van der Waals surface area (Å²) in [5.41, 5.74) is 9.64. The van der Waals surface area contributed by atoms with Crippen molar-refractivity contribution in [2.45, 2.75) is 33.6 Å². The highest BCUT2D eigenvalue weighted by atomic mass is 14.9. The van der Waals surface area contributed by atoms with Crippen molar-refractivity contribution in [3.8, 4) is 11.1 Å². The van der Waals surface area contributed by atoms with Gasteiger partial charge in [0.25, 0.3) is 0 Å². The molecule has 0 aliphatic carbocycles. The Morgan fingerprint density at radius 3 is 2.42 bits per heavy atom. The molecule has 0 atom stereocenters. The van der Waals surface area contributed by atoms with Gasteiger partial charge in [0.15, 0.2) is 0 Å². The minimum Gasteiger partial charge on any atom is -0.385 e. The Labute approximate surface area is 115 Å². The van der Waals surface area contributed by atoms with Crippen LogP contribution in [0.2, 0.25) is 0 Å². The molecule has 1 aliphatic rings. The van der Waals surface area contributed by atoms with Gasteiger partial charge < -0.3 is 5.32 Å². The molecule has 0 bridgehead atoms. The van der Waals surface area contributed by atoms with Crippen LogP contribution in [0.1, 0.15) is 28.7 Å². The summed E-state index contributed by atoms with van der Waals surface area (Å²) in [7, 11) is 0.